The summed E-state index contributed by atoms with van der Waals surface area (Å²) in [6.07, 6.45) is 3.53. The van der Waals surface area contributed by atoms with Crippen molar-refractivity contribution < 1.29 is 18.7 Å². The zero-order chi connectivity index (χ0) is 23.0. The van der Waals surface area contributed by atoms with Crippen LogP contribution in [0.1, 0.15) is 53.3 Å². The minimum Gasteiger partial charge on any atom is -0.497 e. The van der Waals surface area contributed by atoms with Crippen molar-refractivity contribution in [3.63, 3.8) is 0 Å². The summed E-state index contributed by atoms with van der Waals surface area (Å²) in [4.78, 5) is 19.2. The van der Waals surface area contributed by atoms with E-state index in [-0.39, 0.29) is 23.7 Å². The number of nitrogens with zero attached hydrogens (tertiary/aromatic N) is 2. The van der Waals surface area contributed by atoms with Crippen LogP contribution in [-0.4, -0.2) is 42.2 Å². The van der Waals surface area contributed by atoms with E-state index in [0.717, 1.165) is 30.8 Å². The number of aromatic nitrogens is 1. The maximum atomic E-state index is 12.5. The molecule has 0 bridgehead atoms. The molecule has 2 aromatic carbocycles. The number of methoxy groups -OCH3 is 1. The van der Waals surface area contributed by atoms with E-state index in [1.165, 1.54) is 11.8 Å². The molecule has 1 fully saturated rings. The minimum absolute atomic E-state index is 0.0883. The summed E-state index contributed by atoms with van der Waals surface area (Å²) >= 11 is 0. The molecular weight excluding hydrogens is 418 g/mol. The molecule has 2 heterocycles. The molecule has 1 saturated heterocycles. The molecule has 2 unspecified atom stereocenters. The third-order valence-corrected chi connectivity index (χ3v) is 5.99. The summed E-state index contributed by atoms with van der Waals surface area (Å²) in [6, 6.07) is 18.5. The highest BCUT2D eigenvalue weighted by molar-refractivity contribution is 5.91. The Morgan fingerprint density at radius 2 is 2.06 bits per heavy atom. The Bertz CT molecular complexity index is 1030. The molecule has 1 aliphatic rings. The van der Waals surface area contributed by atoms with Crippen molar-refractivity contribution >= 4 is 5.91 Å². The summed E-state index contributed by atoms with van der Waals surface area (Å²) in [6.45, 7) is 4.56. The lowest BCUT2D eigenvalue weighted by atomic mass is 10.1. The minimum atomic E-state index is -0.240. The van der Waals surface area contributed by atoms with E-state index in [2.05, 4.69) is 40.3 Å². The molecular formula is C26H31N3O4. The highest BCUT2D eigenvalue weighted by Gasteiger charge is 2.22. The third kappa shape index (κ3) is 6.21. The first-order chi connectivity index (χ1) is 16.1. The monoisotopic (exact) mass is 449 g/mol. The van der Waals surface area contributed by atoms with Crippen LogP contribution >= 0.6 is 0 Å². The summed E-state index contributed by atoms with van der Waals surface area (Å²) in [7, 11) is 1.67. The highest BCUT2D eigenvalue weighted by Crippen LogP contribution is 2.25. The molecule has 4 rings (SSSR count). The Hall–Kier alpha value is -3.16. The average molecular weight is 450 g/mol. The first kappa shape index (κ1) is 23.0. The number of hydrogen-bond acceptors (Lipinski definition) is 6. The van der Waals surface area contributed by atoms with Crippen molar-refractivity contribution in [1.29, 1.82) is 0 Å². The van der Waals surface area contributed by atoms with Gasteiger partial charge in [-0.25, -0.2) is 4.98 Å². The molecule has 1 aliphatic heterocycles. The van der Waals surface area contributed by atoms with E-state index in [0.29, 0.717) is 25.5 Å². The zero-order valence-corrected chi connectivity index (χ0v) is 19.2. The predicted molar refractivity (Wildman–Crippen MR) is 125 cm³/mol. The highest BCUT2D eigenvalue weighted by atomic mass is 16.5. The van der Waals surface area contributed by atoms with Crippen LogP contribution in [0.15, 0.2) is 65.3 Å². The van der Waals surface area contributed by atoms with Gasteiger partial charge >= 0.3 is 0 Å². The predicted octanol–water partition coefficient (Wildman–Crippen LogP) is 4.36. The van der Waals surface area contributed by atoms with Crippen molar-refractivity contribution in [2.75, 3.05) is 20.3 Å². The van der Waals surface area contributed by atoms with E-state index in [1.807, 2.05) is 36.4 Å². The second-order valence-corrected chi connectivity index (χ2v) is 8.31. The van der Waals surface area contributed by atoms with Crippen LogP contribution in [0, 0.1) is 0 Å². The molecule has 1 amide bonds. The number of hydrogen-bond donors (Lipinski definition) is 1. The summed E-state index contributed by atoms with van der Waals surface area (Å²) in [5, 5.41) is 2.89. The van der Waals surface area contributed by atoms with Crippen LogP contribution in [0.25, 0.3) is 0 Å². The van der Waals surface area contributed by atoms with Gasteiger partial charge in [0.25, 0.3) is 5.91 Å². The second-order valence-electron chi connectivity index (χ2n) is 8.31. The quantitative estimate of drug-likeness (QED) is 0.496. The van der Waals surface area contributed by atoms with Gasteiger partial charge in [0.15, 0.2) is 5.69 Å². The lowest BCUT2D eigenvalue weighted by Crippen LogP contribution is -2.32. The van der Waals surface area contributed by atoms with Crippen LogP contribution < -0.4 is 10.1 Å². The molecule has 0 saturated carbocycles. The lowest BCUT2D eigenvalue weighted by molar-refractivity contribution is 0.0853. The normalized spacial score (nSPS) is 16.6. The number of ether oxygens (including phenoxy) is 2. The standard InChI is InChI=1S/C26H31N3O4/c1-19(21-9-4-3-5-10-21)29(16-20-8-6-11-22(14-20)31-2)17-25-28-24(18-33-25)26(30)27-15-23-12-7-13-32-23/h3-6,8-11,14,18-19,23H,7,12-13,15-17H2,1-2H3,(H,27,30). The molecule has 1 aromatic heterocycles. The van der Waals surface area contributed by atoms with Crippen LogP contribution in [0.5, 0.6) is 5.75 Å². The summed E-state index contributed by atoms with van der Waals surface area (Å²) in [5.74, 6) is 1.08. The number of carbonyl (C=O) groups is 1. The fourth-order valence-electron chi connectivity index (χ4n) is 4.04. The Labute approximate surface area is 194 Å². The lowest BCUT2D eigenvalue weighted by Gasteiger charge is -2.28. The molecule has 7 heteroatoms. The van der Waals surface area contributed by atoms with Crippen molar-refractivity contribution in [2.45, 2.75) is 45.0 Å². The number of nitrogens with one attached hydrogen (secondary N) is 1. The Morgan fingerprint density at radius 3 is 2.82 bits per heavy atom. The molecule has 1 N–H and O–H groups in total. The Morgan fingerprint density at radius 1 is 1.21 bits per heavy atom. The molecule has 3 aromatic rings. The van der Waals surface area contributed by atoms with Crippen LogP contribution in [-0.2, 0) is 17.8 Å². The average Bonchev–Trinajstić information content (AvgIpc) is 3.55. The zero-order valence-electron chi connectivity index (χ0n) is 19.2. The first-order valence-corrected chi connectivity index (χ1v) is 11.4. The molecule has 0 radical (unpaired) electrons. The van der Waals surface area contributed by atoms with Crippen molar-refractivity contribution in [2.24, 2.45) is 0 Å². The number of rotatable bonds is 10. The smallest absolute Gasteiger partial charge is 0.273 e. The molecule has 2 atom stereocenters. The van der Waals surface area contributed by atoms with Gasteiger partial charge in [-0.05, 0) is 43.0 Å². The third-order valence-electron chi connectivity index (χ3n) is 5.99. The fraction of sp³-hybridized carbons (Fsp3) is 0.385. The van der Waals surface area contributed by atoms with Crippen molar-refractivity contribution in [1.82, 2.24) is 15.2 Å². The number of carbonyl (C=O) groups excluding carboxylic acids is 1. The van der Waals surface area contributed by atoms with E-state index in [9.17, 15) is 4.79 Å². The van der Waals surface area contributed by atoms with Crippen molar-refractivity contribution in [3.8, 4) is 5.75 Å². The SMILES string of the molecule is COc1cccc(CN(Cc2nc(C(=O)NCC3CCCO3)co2)C(C)c2ccccc2)c1. The molecule has 7 nitrogen and oxygen atoms in total. The van der Waals surface area contributed by atoms with Gasteiger partial charge < -0.3 is 19.2 Å². The number of oxazole rings is 1. The van der Waals surface area contributed by atoms with E-state index in [4.69, 9.17) is 13.9 Å². The first-order valence-electron chi connectivity index (χ1n) is 11.4. The molecule has 174 valence electrons. The summed E-state index contributed by atoms with van der Waals surface area (Å²) < 4.78 is 16.6. The Kier molecular flexibility index (Phi) is 7.75. The van der Waals surface area contributed by atoms with Gasteiger partial charge in [-0.1, -0.05) is 42.5 Å². The van der Waals surface area contributed by atoms with Gasteiger partial charge in [-0.2, -0.15) is 0 Å². The molecule has 0 spiro atoms. The van der Waals surface area contributed by atoms with E-state index < -0.39 is 0 Å². The van der Waals surface area contributed by atoms with Crippen LogP contribution in [0.2, 0.25) is 0 Å². The largest absolute Gasteiger partial charge is 0.497 e. The maximum Gasteiger partial charge on any atom is 0.273 e. The summed E-state index contributed by atoms with van der Waals surface area (Å²) in [5.41, 5.74) is 2.61. The maximum absolute atomic E-state index is 12.5. The van der Waals surface area contributed by atoms with E-state index in [1.54, 1.807) is 7.11 Å². The molecule has 0 aliphatic carbocycles. The van der Waals surface area contributed by atoms with Gasteiger partial charge in [0, 0.05) is 25.7 Å². The number of benzene rings is 2. The van der Waals surface area contributed by atoms with Crippen LogP contribution in [0.4, 0.5) is 0 Å². The van der Waals surface area contributed by atoms with Gasteiger partial charge in [0.2, 0.25) is 5.89 Å². The van der Waals surface area contributed by atoms with Crippen molar-refractivity contribution in [3.05, 3.63) is 83.6 Å². The fourth-order valence-corrected chi connectivity index (χ4v) is 4.04. The van der Waals surface area contributed by atoms with Gasteiger partial charge in [-0.15, -0.1) is 0 Å². The van der Waals surface area contributed by atoms with Gasteiger partial charge in [-0.3, -0.25) is 9.69 Å². The second kappa shape index (κ2) is 11.1. The Balaban J connectivity index is 1.47. The molecule has 33 heavy (non-hydrogen) atoms. The van der Waals surface area contributed by atoms with Gasteiger partial charge in [0.1, 0.15) is 12.0 Å². The van der Waals surface area contributed by atoms with E-state index >= 15 is 0 Å². The topological polar surface area (TPSA) is 76.8 Å². The van der Waals surface area contributed by atoms with Crippen LogP contribution in [0.3, 0.4) is 0 Å². The van der Waals surface area contributed by atoms with Gasteiger partial charge in [0.05, 0.1) is 19.8 Å². The number of amides is 1.